The fourth-order valence-electron chi connectivity index (χ4n) is 2.98. The number of ether oxygens (including phenoxy) is 1. The quantitative estimate of drug-likeness (QED) is 0.854. The molecule has 2 aromatic rings. The van der Waals surface area contributed by atoms with E-state index in [-0.39, 0.29) is 11.9 Å². The van der Waals surface area contributed by atoms with Crippen molar-refractivity contribution in [2.24, 2.45) is 0 Å². The van der Waals surface area contributed by atoms with E-state index < -0.39 is 0 Å². The standard InChI is InChI=1S/C18H22ClN3O3/c1-2-16(22-7-9-24-10-8-22)18(23)20-12-13-11-17(25-21-13)14-5-3-4-6-15(14)19/h3-6,11,16H,2,7-10,12H2,1H3,(H,20,23)/t16-/m1/s1. The van der Waals surface area contributed by atoms with Crippen molar-refractivity contribution in [2.75, 3.05) is 26.3 Å². The topological polar surface area (TPSA) is 67.6 Å². The van der Waals surface area contributed by atoms with Gasteiger partial charge in [0.25, 0.3) is 0 Å². The first kappa shape index (κ1) is 17.9. The predicted molar refractivity (Wildman–Crippen MR) is 95.3 cm³/mol. The van der Waals surface area contributed by atoms with Crippen molar-refractivity contribution in [1.29, 1.82) is 0 Å². The zero-order chi connectivity index (χ0) is 17.6. The molecule has 1 aromatic heterocycles. The molecule has 1 amide bonds. The zero-order valence-corrected chi connectivity index (χ0v) is 15.0. The molecule has 25 heavy (non-hydrogen) atoms. The molecule has 0 unspecified atom stereocenters. The Morgan fingerprint density at radius 1 is 1.36 bits per heavy atom. The van der Waals surface area contributed by atoms with Crippen molar-refractivity contribution < 1.29 is 14.1 Å². The molecule has 0 spiro atoms. The number of amides is 1. The molecule has 1 saturated heterocycles. The van der Waals surface area contributed by atoms with Crippen LogP contribution in [0.4, 0.5) is 0 Å². The average molecular weight is 364 g/mol. The molecule has 7 heteroatoms. The van der Waals surface area contributed by atoms with Gasteiger partial charge in [0.05, 0.1) is 30.8 Å². The number of rotatable bonds is 6. The van der Waals surface area contributed by atoms with Gasteiger partial charge in [-0.15, -0.1) is 0 Å². The third-order valence-corrected chi connectivity index (χ3v) is 4.65. The second-order valence-corrected chi connectivity index (χ2v) is 6.36. The lowest BCUT2D eigenvalue weighted by Crippen LogP contribution is -2.50. The first-order valence-electron chi connectivity index (χ1n) is 8.49. The maximum absolute atomic E-state index is 12.5. The highest BCUT2D eigenvalue weighted by molar-refractivity contribution is 6.33. The molecule has 1 aliphatic rings. The summed E-state index contributed by atoms with van der Waals surface area (Å²) in [6.45, 7) is 5.26. The summed E-state index contributed by atoms with van der Waals surface area (Å²) in [6.07, 6.45) is 0.759. The summed E-state index contributed by atoms with van der Waals surface area (Å²) in [5.74, 6) is 0.599. The number of hydrogen-bond donors (Lipinski definition) is 1. The maximum Gasteiger partial charge on any atom is 0.237 e. The van der Waals surface area contributed by atoms with Gasteiger partial charge in [0.15, 0.2) is 5.76 Å². The lowest BCUT2D eigenvalue weighted by atomic mass is 10.1. The van der Waals surface area contributed by atoms with Gasteiger partial charge in [-0.25, -0.2) is 0 Å². The van der Waals surface area contributed by atoms with Gasteiger partial charge in [-0.2, -0.15) is 0 Å². The fourth-order valence-corrected chi connectivity index (χ4v) is 3.21. The molecule has 1 atom stereocenters. The molecular weight excluding hydrogens is 342 g/mol. The van der Waals surface area contributed by atoms with Crippen LogP contribution in [0.3, 0.4) is 0 Å². The molecular formula is C18H22ClN3O3. The lowest BCUT2D eigenvalue weighted by Gasteiger charge is -2.32. The molecule has 134 valence electrons. The van der Waals surface area contributed by atoms with Gasteiger partial charge in [0.2, 0.25) is 5.91 Å². The molecule has 1 aromatic carbocycles. The van der Waals surface area contributed by atoms with Gasteiger partial charge >= 0.3 is 0 Å². The van der Waals surface area contributed by atoms with E-state index in [0.29, 0.717) is 36.2 Å². The van der Waals surface area contributed by atoms with Crippen molar-refractivity contribution >= 4 is 17.5 Å². The van der Waals surface area contributed by atoms with E-state index in [0.717, 1.165) is 25.1 Å². The zero-order valence-electron chi connectivity index (χ0n) is 14.2. The number of aromatic nitrogens is 1. The number of nitrogens with one attached hydrogen (secondary N) is 1. The highest BCUT2D eigenvalue weighted by Crippen LogP contribution is 2.27. The van der Waals surface area contributed by atoms with E-state index in [2.05, 4.69) is 15.4 Å². The highest BCUT2D eigenvalue weighted by Gasteiger charge is 2.25. The summed E-state index contributed by atoms with van der Waals surface area (Å²) in [4.78, 5) is 14.7. The molecule has 0 bridgehead atoms. The third kappa shape index (κ3) is 4.39. The van der Waals surface area contributed by atoms with E-state index in [1.54, 1.807) is 12.1 Å². The van der Waals surface area contributed by atoms with Crippen molar-refractivity contribution in [1.82, 2.24) is 15.4 Å². The van der Waals surface area contributed by atoms with E-state index >= 15 is 0 Å². The Labute approximate surface area is 152 Å². The van der Waals surface area contributed by atoms with E-state index in [1.165, 1.54) is 0 Å². The number of halogens is 1. The SMILES string of the molecule is CC[C@H](C(=O)NCc1cc(-c2ccccc2Cl)on1)N1CCOCC1. The van der Waals surface area contributed by atoms with Crippen molar-refractivity contribution in [3.05, 3.63) is 41.0 Å². The van der Waals surface area contributed by atoms with E-state index in [4.69, 9.17) is 20.9 Å². The smallest absolute Gasteiger partial charge is 0.237 e. The Morgan fingerprint density at radius 2 is 2.12 bits per heavy atom. The lowest BCUT2D eigenvalue weighted by molar-refractivity contribution is -0.128. The van der Waals surface area contributed by atoms with Crippen LogP contribution in [0.5, 0.6) is 0 Å². The highest BCUT2D eigenvalue weighted by atomic mass is 35.5. The van der Waals surface area contributed by atoms with Gasteiger partial charge in [0.1, 0.15) is 5.69 Å². The Morgan fingerprint density at radius 3 is 2.84 bits per heavy atom. The number of hydrogen-bond acceptors (Lipinski definition) is 5. The number of nitrogens with zero attached hydrogens (tertiary/aromatic N) is 2. The van der Waals surface area contributed by atoms with Gasteiger partial charge in [-0.3, -0.25) is 9.69 Å². The van der Waals surface area contributed by atoms with Gasteiger partial charge in [-0.1, -0.05) is 35.8 Å². The van der Waals surface area contributed by atoms with Crippen molar-refractivity contribution in [3.8, 4) is 11.3 Å². The number of carbonyl (C=O) groups is 1. The Kier molecular flexibility index (Phi) is 6.07. The molecule has 1 fully saturated rings. The summed E-state index contributed by atoms with van der Waals surface area (Å²) in [7, 11) is 0. The normalized spacial score (nSPS) is 16.6. The Balaban J connectivity index is 1.59. The van der Waals surface area contributed by atoms with Crippen LogP contribution in [0.1, 0.15) is 19.0 Å². The molecule has 6 nitrogen and oxygen atoms in total. The first-order valence-corrected chi connectivity index (χ1v) is 8.87. The molecule has 0 aliphatic carbocycles. The molecule has 1 N–H and O–H groups in total. The van der Waals surface area contributed by atoms with Crippen LogP contribution in [-0.4, -0.2) is 48.3 Å². The summed E-state index contributed by atoms with van der Waals surface area (Å²) in [6, 6.07) is 9.08. The number of morpholine rings is 1. The molecule has 0 saturated carbocycles. The fraction of sp³-hybridized carbons (Fsp3) is 0.444. The van der Waals surface area contributed by atoms with E-state index in [9.17, 15) is 4.79 Å². The molecule has 2 heterocycles. The minimum Gasteiger partial charge on any atom is -0.379 e. The summed E-state index contributed by atoms with van der Waals surface area (Å²) in [5, 5.41) is 7.58. The van der Waals surface area contributed by atoms with Crippen LogP contribution in [0.25, 0.3) is 11.3 Å². The number of carbonyl (C=O) groups excluding carboxylic acids is 1. The van der Waals surface area contributed by atoms with Crippen LogP contribution in [0.15, 0.2) is 34.9 Å². The first-order chi connectivity index (χ1) is 12.2. The monoisotopic (exact) mass is 363 g/mol. The van der Waals surface area contributed by atoms with Crippen LogP contribution in [0.2, 0.25) is 5.02 Å². The van der Waals surface area contributed by atoms with Crippen LogP contribution in [-0.2, 0) is 16.1 Å². The van der Waals surface area contributed by atoms with Crippen molar-refractivity contribution in [3.63, 3.8) is 0 Å². The van der Waals surface area contributed by atoms with Gasteiger partial charge in [-0.05, 0) is 18.6 Å². The summed E-state index contributed by atoms with van der Waals surface area (Å²) in [5.41, 5.74) is 1.45. The van der Waals surface area contributed by atoms with Crippen molar-refractivity contribution in [2.45, 2.75) is 25.9 Å². The average Bonchev–Trinajstić information content (AvgIpc) is 3.11. The third-order valence-electron chi connectivity index (χ3n) is 4.32. The predicted octanol–water partition coefficient (Wildman–Crippen LogP) is 2.72. The van der Waals surface area contributed by atoms with E-state index in [1.807, 2.05) is 25.1 Å². The molecule has 3 rings (SSSR count). The maximum atomic E-state index is 12.5. The van der Waals surface area contributed by atoms with Crippen LogP contribution in [0, 0.1) is 0 Å². The minimum absolute atomic E-state index is 0.00620. The van der Waals surface area contributed by atoms with Gasteiger partial charge in [0, 0.05) is 24.7 Å². The second-order valence-electron chi connectivity index (χ2n) is 5.95. The Hall–Kier alpha value is -1.89. The molecule has 1 aliphatic heterocycles. The molecule has 0 radical (unpaired) electrons. The summed E-state index contributed by atoms with van der Waals surface area (Å²) < 4.78 is 10.7. The summed E-state index contributed by atoms with van der Waals surface area (Å²) >= 11 is 6.17. The van der Waals surface area contributed by atoms with Crippen LogP contribution < -0.4 is 5.32 Å². The second kappa shape index (κ2) is 8.47. The number of benzene rings is 1. The Bertz CT molecular complexity index is 713. The largest absolute Gasteiger partial charge is 0.379 e. The van der Waals surface area contributed by atoms with Gasteiger partial charge < -0.3 is 14.6 Å². The minimum atomic E-state index is -0.140. The van der Waals surface area contributed by atoms with Crippen LogP contribution >= 0.6 is 11.6 Å².